The van der Waals surface area contributed by atoms with Crippen LogP contribution in [0.2, 0.25) is 0 Å². The number of carboxylic acids is 1. The van der Waals surface area contributed by atoms with Crippen molar-refractivity contribution >= 4 is 5.97 Å². The Bertz CT molecular complexity index is 230. The van der Waals surface area contributed by atoms with Crippen molar-refractivity contribution in [2.45, 2.75) is 90.4 Å². The van der Waals surface area contributed by atoms with Gasteiger partial charge < -0.3 is 20.1 Å². The van der Waals surface area contributed by atoms with Crippen molar-refractivity contribution in [3.63, 3.8) is 0 Å². The summed E-state index contributed by atoms with van der Waals surface area (Å²) in [6.07, 6.45) is 15.8. The van der Waals surface area contributed by atoms with Crippen molar-refractivity contribution in [3.05, 3.63) is 0 Å². The minimum Gasteiger partial charge on any atom is -0.481 e. The van der Waals surface area contributed by atoms with E-state index in [4.69, 9.17) is 15.3 Å². The minimum atomic E-state index is -0.655. The smallest absolute Gasteiger partial charge is 0.303 e. The maximum absolute atomic E-state index is 10.3. The molecule has 24 heavy (non-hydrogen) atoms. The van der Waals surface area contributed by atoms with Gasteiger partial charge in [-0.2, -0.15) is 0 Å². The third-order valence-electron chi connectivity index (χ3n) is 3.72. The minimum absolute atomic E-state index is 0.0278. The average Bonchev–Trinajstić information content (AvgIpc) is 2.57. The van der Waals surface area contributed by atoms with Gasteiger partial charge in [-0.15, -0.1) is 0 Å². The molecule has 146 valence electrons. The monoisotopic (exact) mass is 348 g/mol. The molecule has 3 N–H and O–H groups in total. The van der Waals surface area contributed by atoms with Crippen LogP contribution in [-0.4, -0.2) is 47.7 Å². The highest BCUT2D eigenvalue weighted by molar-refractivity contribution is 5.66. The van der Waals surface area contributed by atoms with E-state index in [2.05, 4.69) is 11.7 Å². The first-order valence-electron chi connectivity index (χ1n) is 9.70. The molecule has 0 amide bonds. The lowest BCUT2D eigenvalue weighted by Gasteiger charge is -2.02. The first-order chi connectivity index (χ1) is 11.7. The van der Waals surface area contributed by atoms with Gasteiger partial charge in [-0.1, -0.05) is 77.6 Å². The molecule has 5 nitrogen and oxygen atoms in total. The van der Waals surface area contributed by atoms with Crippen molar-refractivity contribution in [1.29, 1.82) is 0 Å². The third-order valence-corrected chi connectivity index (χ3v) is 3.72. The number of carboxylic acid groups (broad SMARTS) is 1. The number of hydrogen-bond donors (Lipinski definition) is 3. The molecule has 5 heteroatoms. The maximum atomic E-state index is 10.3. The zero-order valence-corrected chi connectivity index (χ0v) is 15.7. The van der Waals surface area contributed by atoms with Gasteiger partial charge in [0.15, 0.2) is 0 Å². The topological polar surface area (TPSA) is 87.0 Å². The summed E-state index contributed by atoms with van der Waals surface area (Å²) < 4.78 is 4.63. The number of rotatable bonds is 17. The van der Waals surface area contributed by atoms with Crippen molar-refractivity contribution in [3.8, 4) is 0 Å². The van der Waals surface area contributed by atoms with Gasteiger partial charge in [0.1, 0.15) is 0 Å². The van der Waals surface area contributed by atoms with Crippen molar-refractivity contribution < 1.29 is 24.9 Å². The highest BCUT2D eigenvalue weighted by Crippen LogP contribution is 2.12. The van der Waals surface area contributed by atoms with Crippen LogP contribution in [0.5, 0.6) is 0 Å². The van der Waals surface area contributed by atoms with E-state index < -0.39 is 5.97 Å². The Morgan fingerprint density at radius 2 is 1.08 bits per heavy atom. The highest BCUT2D eigenvalue weighted by Gasteiger charge is 1.96. The predicted octanol–water partition coefficient (Wildman–Crippen LogP) is 4.15. The van der Waals surface area contributed by atoms with Gasteiger partial charge in [0.05, 0.1) is 26.4 Å². The second-order valence-corrected chi connectivity index (χ2v) is 6.09. The van der Waals surface area contributed by atoms with Crippen LogP contribution in [0.3, 0.4) is 0 Å². The summed E-state index contributed by atoms with van der Waals surface area (Å²) in [5, 5.41) is 24.6. The normalized spacial score (nSPS) is 10.3. The molecule has 0 aromatic carbocycles. The number of aliphatic hydroxyl groups is 2. The molecule has 0 heterocycles. The summed E-state index contributed by atoms with van der Waals surface area (Å²) in [5.41, 5.74) is 0. The van der Waals surface area contributed by atoms with Crippen molar-refractivity contribution in [1.82, 2.24) is 0 Å². The standard InChI is InChI=1S/C15H30O2.C4H10O3/c1-2-3-4-5-6-7-8-9-10-11-12-13-14-15(16)17;5-1-3-7-4-2-6/h2-14H2,1H3,(H,16,17);5-6H,1-4H2. The molecule has 0 rings (SSSR count). The summed E-state index contributed by atoms with van der Waals surface area (Å²) in [6, 6.07) is 0. The lowest BCUT2D eigenvalue weighted by Crippen LogP contribution is -2.03. The molecule has 0 aliphatic carbocycles. The molecule has 0 fully saturated rings. The Balaban J connectivity index is 0. The van der Waals surface area contributed by atoms with Crippen LogP contribution in [0.15, 0.2) is 0 Å². The first kappa shape index (κ1) is 25.6. The fourth-order valence-corrected chi connectivity index (χ4v) is 2.35. The average molecular weight is 349 g/mol. The summed E-state index contributed by atoms with van der Waals surface area (Å²) in [4.78, 5) is 10.3. The van der Waals surface area contributed by atoms with E-state index in [0.717, 1.165) is 12.8 Å². The van der Waals surface area contributed by atoms with Gasteiger partial charge in [0.25, 0.3) is 0 Å². The fourth-order valence-electron chi connectivity index (χ4n) is 2.35. The quantitative estimate of drug-likeness (QED) is 0.344. The molecule has 0 bridgehead atoms. The summed E-state index contributed by atoms with van der Waals surface area (Å²) in [7, 11) is 0. The van der Waals surface area contributed by atoms with E-state index in [1.807, 2.05) is 0 Å². The number of aliphatic carboxylic acids is 1. The number of carbonyl (C=O) groups is 1. The molecule has 0 aromatic heterocycles. The van der Waals surface area contributed by atoms with Crippen LogP contribution in [0.4, 0.5) is 0 Å². The zero-order valence-electron chi connectivity index (χ0n) is 15.7. The number of ether oxygens (including phenoxy) is 1. The molecule has 0 saturated carbocycles. The lowest BCUT2D eigenvalue weighted by molar-refractivity contribution is -0.137. The van der Waals surface area contributed by atoms with Crippen LogP contribution in [-0.2, 0) is 9.53 Å². The Hall–Kier alpha value is -0.650. The van der Waals surface area contributed by atoms with Crippen LogP contribution in [0.25, 0.3) is 0 Å². The van der Waals surface area contributed by atoms with Gasteiger partial charge in [-0.25, -0.2) is 0 Å². The van der Waals surface area contributed by atoms with Gasteiger partial charge >= 0.3 is 5.97 Å². The van der Waals surface area contributed by atoms with E-state index in [1.54, 1.807) is 0 Å². The molecule has 0 aromatic rings. The predicted molar refractivity (Wildman–Crippen MR) is 98.3 cm³/mol. The van der Waals surface area contributed by atoms with E-state index in [1.165, 1.54) is 64.2 Å². The second kappa shape index (κ2) is 24.6. The number of unbranched alkanes of at least 4 members (excludes halogenated alkanes) is 11. The molecule has 0 atom stereocenters. The van der Waals surface area contributed by atoms with Gasteiger partial charge in [-0.05, 0) is 6.42 Å². The van der Waals surface area contributed by atoms with E-state index in [-0.39, 0.29) is 13.2 Å². The van der Waals surface area contributed by atoms with Gasteiger partial charge in [0.2, 0.25) is 0 Å². The third kappa shape index (κ3) is 29.4. The zero-order chi connectivity index (χ0) is 18.3. The van der Waals surface area contributed by atoms with Crippen LogP contribution >= 0.6 is 0 Å². The number of hydrogen-bond acceptors (Lipinski definition) is 4. The van der Waals surface area contributed by atoms with Gasteiger partial charge in [-0.3, -0.25) is 4.79 Å². The van der Waals surface area contributed by atoms with E-state index >= 15 is 0 Å². The largest absolute Gasteiger partial charge is 0.481 e. The van der Waals surface area contributed by atoms with Crippen LogP contribution in [0, 0.1) is 0 Å². The summed E-state index contributed by atoms with van der Waals surface area (Å²) in [5.74, 6) is -0.655. The Kier molecular flexibility index (Phi) is 26.2. The summed E-state index contributed by atoms with van der Waals surface area (Å²) in [6.45, 7) is 2.95. The van der Waals surface area contributed by atoms with Crippen LogP contribution in [0.1, 0.15) is 90.4 Å². The molecular weight excluding hydrogens is 308 g/mol. The Morgan fingerprint density at radius 1 is 0.708 bits per heavy atom. The molecule has 0 radical (unpaired) electrons. The molecule has 0 spiro atoms. The Morgan fingerprint density at radius 3 is 1.42 bits per heavy atom. The lowest BCUT2D eigenvalue weighted by atomic mass is 10.0. The van der Waals surface area contributed by atoms with E-state index in [0.29, 0.717) is 19.6 Å². The van der Waals surface area contributed by atoms with Crippen molar-refractivity contribution in [2.75, 3.05) is 26.4 Å². The van der Waals surface area contributed by atoms with Gasteiger partial charge in [0, 0.05) is 6.42 Å². The first-order valence-corrected chi connectivity index (χ1v) is 9.70. The fraction of sp³-hybridized carbons (Fsp3) is 0.947. The molecule has 0 saturated heterocycles. The molecule has 0 unspecified atom stereocenters. The van der Waals surface area contributed by atoms with Crippen LogP contribution < -0.4 is 0 Å². The second-order valence-electron chi connectivity index (χ2n) is 6.09. The summed E-state index contributed by atoms with van der Waals surface area (Å²) >= 11 is 0. The molecule has 0 aliphatic heterocycles. The highest BCUT2D eigenvalue weighted by atomic mass is 16.5. The van der Waals surface area contributed by atoms with Crippen molar-refractivity contribution in [2.24, 2.45) is 0 Å². The molecule has 0 aliphatic rings. The Labute approximate surface area is 148 Å². The SMILES string of the molecule is CCCCCCCCCCCCCCC(=O)O.OCCOCCO. The van der Waals surface area contributed by atoms with E-state index in [9.17, 15) is 4.79 Å². The maximum Gasteiger partial charge on any atom is 0.303 e. The number of aliphatic hydroxyl groups excluding tert-OH is 2. The molecular formula is C19H40O5.